The summed E-state index contributed by atoms with van der Waals surface area (Å²) in [6.45, 7) is 5.13. The fourth-order valence-corrected chi connectivity index (χ4v) is 2.67. The topological polar surface area (TPSA) is 47.7 Å². The number of piperidine rings is 1. The van der Waals surface area contributed by atoms with Crippen LogP contribution in [0.1, 0.15) is 44.3 Å². The second kappa shape index (κ2) is 9.79. The fourth-order valence-electron chi connectivity index (χ4n) is 2.67. The third-order valence-electron chi connectivity index (χ3n) is 3.88. The van der Waals surface area contributed by atoms with Gasteiger partial charge in [-0.25, -0.2) is 0 Å². The van der Waals surface area contributed by atoms with Gasteiger partial charge in [0, 0.05) is 32.7 Å². The normalized spacial score (nSPS) is 16.2. The molecule has 120 valence electrons. The molecule has 0 N–H and O–H groups in total. The highest BCUT2D eigenvalue weighted by Crippen LogP contribution is 2.14. The summed E-state index contributed by atoms with van der Waals surface area (Å²) in [4.78, 5) is 2.52. The van der Waals surface area contributed by atoms with Crippen LogP contribution in [0.2, 0.25) is 0 Å². The molecule has 5 heteroatoms. The third kappa shape index (κ3) is 6.48. The van der Waals surface area contributed by atoms with Crippen molar-refractivity contribution in [1.29, 1.82) is 0 Å². The molecule has 1 fully saturated rings. The number of hydrogen-bond donors (Lipinski definition) is 0. The van der Waals surface area contributed by atoms with E-state index >= 15 is 0 Å². The molecule has 0 radical (unpaired) electrons. The molecule has 0 amide bonds. The van der Waals surface area contributed by atoms with Crippen LogP contribution in [0.25, 0.3) is 0 Å². The predicted molar refractivity (Wildman–Crippen MR) is 81.7 cm³/mol. The second-order valence-electron chi connectivity index (χ2n) is 5.69. The van der Waals surface area contributed by atoms with E-state index in [9.17, 15) is 0 Å². The van der Waals surface area contributed by atoms with Gasteiger partial charge in [0.1, 0.15) is 5.76 Å². The highest BCUT2D eigenvalue weighted by Gasteiger charge is 2.09. The molecule has 1 saturated heterocycles. The summed E-state index contributed by atoms with van der Waals surface area (Å²) in [7, 11) is 1.73. The van der Waals surface area contributed by atoms with Crippen molar-refractivity contribution in [2.24, 2.45) is 0 Å². The number of aromatic nitrogens is 1. The number of methoxy groups -OCH3 is 1. The van der Waals surface area contributed by atoms with E-state index in [2.05, 4.69) is 10.1 Å². The average Bonchev–Trinajstić information content (AvgIpc) is 2.97. The molecule has 0 bridgehead atoms. The molecule has 1 aliphatic rings. The summed E-state index contributed by atoms with van der Waals surface area (Å²) >= 11 is 0. The Balaban J connectivity index is 1.54. The first-order valence-electron chi connectivity index (χ1n) is 8.18. The highest BCUT2D eigenvalue weighted by atomic mass is 16.5. The lowest BCUT2D eigenvalue weighted by molar-refractivity contribution is 0.191. The fraction of sp³-hybridized carbons (Fsp3) is 0.812. The van der Waals surface area contributed by atoms with Crippen molar-refractivity contribution in [3.63, 3.8) is 0 Å². The molecule has 0 aliphatic carbocycles. The van der Waals surface area contributed by atoms with Crippen LogP contribution < -0.4 is 4.74 Å². The molecule has 0 atom stereocenters. The maximum atomic E-state index is 5.65. The zero-order valence-corrected chi connectivity index (χ0v) is 13.2. The minimum atomic E-state index is 0.621. The zero-order valence-electron chi connectivity index (χ0n) is 13.2. The summed E-state index contributed by atoms with van der Waals surface area (Å²) in [5.74, 6) is 1.52. The van der Waals surface area contributed by atoms with Gasteiger partial charge >= 0.3 is 0 Å². The van der Waals surface area contributed by atoms with Crippen molar-refractivity contribution >= 4 is 0 Å². The van der Waals surface area contributed by atoms with Gasteiger partial charge < -0.3 is 18.9 Å². The SMILES string of the molecule is COCCCCc1cc(OCCCN2CCCCC2)no1. The lowest BCUT2D eigenvalue weighted by Crippen LogP contribution is -2.31. The predicted octanol–water partition coefficient (Wildman–Crippen LogP) is 2.90. The van der Waals surface area contributed by atoms with Crippen molar-refractivity contribution in [1.82, 2.24) is 10.1 Å². The molecule has 1 aromatic heterocycles. The largest absolute Gasteiger partial charge is 0.475 e. The first-order valence-corrected chi connectivity index (χ1v) is 8.18. The van der Waals surface area contributed by atoms with Gasteiger partial charge in [-0.3, -0.25) is 0 Å². The van der Waals surface area contributed by atoms with Crippen molar-refractivity contribution in [3.8, 4) is 5.88 Å². The van der Waals surface area contributed by atoms with Crippen LogP contribution in [0, 0.1) is 0 Å². The van der Waals surface area contributed by atoms with Gasteiger partial charge in [-0.15, -0.1) is 0 Å². The maximum Gasteiger partial charge on any atom is 0.254 e. The highest BCUT2D eigenvalue weighted by molar-refractivity contribution is 5.10. The zero-order chi connectivity index (χ0) is 14.8. The molecular weight excluding hydrogens is 268 g/mol. The molecular formula is C16H28N2O3. The summed E-state index contributed by atoms with van der Waals surface area (Å²) in [6, 6.07) is 1.91. The smallest absolute Gasteiger partial charge is 0.254 e. The first kappa shape index (κ1) is 16.3. The van der Waals surface area contributed by atoms with Crippen molar-refractivity contribution in [2.45, 2.75) is 44.9 Å². The van der Waals surface area contributed by atoms with E-state index in [4.69, 9.17) is 14.0 Å². The number of aryl methyl sites for hydroxylation is 1. The number of ether oxygens (including phenoxy) is 2. The molecule has 2 heterocycles. The Labute approximate surface area is 127 Å². The quantitative estimate of drug-likeness (QED) is 0.621. The molecule has 1 aromatic rings. The van der Waals surface area contributed by atoms with Gasteiger partial charge in [0.15, 0.2) is 0 Å². The van der Waals surface area contributed by atoms with Crippen LogP contribution >= 0.6 is 0 Å². The Morgan fingerprint density at radius 3 is 2.81 bits per heavy atom. The van der Waals surface area contributed by atoms with Crippen molar-refractivity contribution in [2.75, 3.05) is 40.0 Å². The van der Waals surface area contributed by atoms with Gasteiger partial charge in [0.2, 0.25) is 0 Å². The Bertz CT molecular complexity index is 375. The molecule has 0 unspecified atom stereocenters. The van der Waals surface area contributed by atoms with Gasteiger partial charge in [-0.1, -0.05) is 6.42 Å². The van der Waals surface area contributed by atoms with E-state index in [1.54, 1.807) is 7.11 Å². The first-order chi connectivity index (χ1) is 10.4. The van der Waals surface area contributed by atoms with Crippen LogP contribution in [-0.2, 0) is 11.2 Å². The number of hydrogen-bond acceptors (Lipinski definition) is 5. The number of likely N-dealkylation sites (tertiary alicyclic amines) is 1. The summed E-state index contributed by atoms with van der Waals surface area (Å²) in [5, 5.41) is 3.96. The Hall–Kier alpha value is -1.07. The standard InChI is InChI=1S/C16H28N2O3/c1-19-12-6-3-8-15-14-16(17-21-15)20-13-7-11-18-9-4-2-5-10-18/h14H,2-13H2,1H3. The maximum absolute atomic E-state index is 5.65. The van der Waals surface area contributed by atoms with Gasteiger partial charge in [-0.05, 0) is 50.4 Å². The van der Waals surface area contributed by atoms with E-state index in [1.807, 2.05) is 6.07 Å². The van der Waals surface area contributed by atoms with Crippen LogP contribution in [0.15, 0.2) is 10.6 Å². The van der Waals surface area contributed by atoms with Crippen molar-refractivity contribution < 1.29 is 14.0 Å². The van der Waals surface area contributed by atoms with Gasteiger partial charge in [-0.2, -0.15) is 0 Å². The third-order valence-corrected chi connectivity index (χ3v) is 3.88. The van der Waals surface area contributed by atoms with Gasteiger partial charge in [0.25, 0.3) is 5.88 Å². The summed E-state index contributed by atoms with van der Waals surface area (Å²) in [5.41, 5.74) is 0. The average molecular weight is 296 g/mol. The minimum absolute atomic E-state index is 0.621. The lowest BCUT2D eigenvalue weighted by atomic mass is 10.1. The Morgan fingerprint density at radius 2 is 2.00 bits per heavy atom. The lowest BCUT2D eigenvalue weighted by Gasteiger charge is -2.26. The van der Waals surface area contributed by atoms with Crippen LogP contribution in [-0.4, -0.2) is 50.0 Å². The number of unbranched alkanes of at least 4 members (excludes halogenated alkanes) is 1. The Kier molecular flexibility index (Phi) is 7.60. The molecule has 0 saturated carbocycles. The molecule has 1 aliphatic heterocycles. The van der Waals surface area contributed by atoms with Gasteiger partial charge in [0.05, 0.1) is 6.61 Å². The number of nitrogens with zero attached hydrogens (tertiary/aromatic N) is 2. The molecule has 0 spiro atoms. The minimum Gasteiger partial charge on any atom is -0.475 e. The number of rotatable bonds is 10. The van der Waals surface area contributed by atoms with E-state index in [1.165, 1.54) is 32.4 Å². The monoisotopic (exact) mass is 296 g/mol. The second-order valence-corrected chi connectivity index (χ2v) is 5.69. The van der Waals surface area contributed by atoms with Crippen LogP contribution in [0.3, 0.4) is 0 Å². The Morgan fingerprint density at radius 1 is 1.14 bits per heavy atom. The summed E-state index contributed by atoms with van der Waals surface area (Å²) < 4.78 is 15.9. The molecule has 2 rings (SSSR count). The van der Waals surface area contributed by atoms with E-state index < -0.39 is 0 Å². The van der Waals surface area contributed by atoms with E-state index in [0.29, 0.717) is 12.5 Å². The van der Waals surface area contributed by atoms with Crippen molar-refractivity contribution in [3.05, 3.63) is 11.8 Å². The van der Waals surface area contributed by atoms with E-state index in [0.717, 1.165) is 44.6 Å². The molecule has 0 aromatic carbocycles. The van der Waals surface area contributed by atoms with Crippen LogP contribution in [0.5, 0.6) is 5.88 Å². The molecule has 5 nitrogen and oxygen atoms in total. The van der Waals surface area contributed by atoms with E-state index in [-0.39, 0.29) is 0 Å². The van der Waals surface area contributed by atoms with Crippen LogP contribution in [0.4, 0.5) is 0 Å². The molecule has 21 heavy (non-hydrogen) atoms. The summed E-state index contributed by atoms with van der Waals surface area (Å²) in [6.07, 6.45) is 8.12.